The van der Waals surface area contributed by atoms with Gasteiger partial charge in [-0.3, -0.25) is 4.79 Å². The summed E-state index contributed by atoms with van der Waals surface area (Å²) in [6, 6.07) is 10.2. The van der Waals surface area contributed by atoms with E-state index in [1.54, 1.807) is 18.2 Å². The number of rotatable bonds is 4. The first kappa shape index (κ1) is 15.9. The summed E-state index contributed by atoms with van der Waals surface area (Å²) in [7, 11) is 0. The van der Waals surface area contributed by atoms with Crippen LogP contribution < -0.4 is 0 Å². The first-order valence-corrected chi connectivity index (χ1v) is 7.24. The largest absolute Gasteiger partial charge is 0.451 e. The quantitative estimate of drug-likeness (QED) is 0.584. The van der Waals surface area contributed by atoms with E-state index in [2.05, 4.69) is 4.98 Å². The first-order valence-electron chi connectivity index (χ1n) is 7.24. The van der Waals surface area contributed by atoms with Crippen LogP contribution in [0.2, 0.25) is 0 Å². The molecule has 0 aliphatic rings. The smallest absolute Gasteiger partial charge is 0.344 e. The Kier molecular flexibility index (Phi) is 4.12. The van der Waals surface area contributed by atoms with Gasteiger partial charge in [-0.15, -0.1) is 0 Å². The van der Waals surface area contributed by atoms with Crippen LogP contribution in [0.1, 0.15) is 27.6 Å². The van der Waals surface area contributed by atoms with Gasteiger partial charge in [0.1, 0.15) is 17.2 Å². The SMILES string of the molecule is C[C@@H](OC(=O)c1c(F)cccc1F)C(=O)c1c[nH]c2ccccc12. The van der Waals surface area contributed by atoms with Crippen LogP contribution in [-0.2, 0) is 4.74 Å². The lowest BCUT2D eigenvalue weighted by Gasteiger charge is -2.12. The van der Waals surface area contributed by atoms with E-state index in [0.29, 0.717) is 10.9 Å². The molecule has 1 N–H and O–H groups in total. The maximum Gasteiger partial charge on any atom is 0.344 e. The highest BCUT2D eigenvalue weighted by molar-refractivity contribution is 6.10. The number of H-pyrrole nitrogens is 1. The van der Waals surface area contributed by atoms with Crippen molar-refractivity contribution in [3.8, 4) is 0 Å². The second-order valence-corrected chi connectivity index (χ2v) is 5.26. The molecular weight excluding hydrogens is 316 g/mol. The zero-order valence-electron chi connectivity index (χ0n) is 12.7. The van der Waals surface area contributed by atoms with Crippen LogP contribution in [0.3, 0.4) is 0 Å². The summed E-state index contributed by atoms with van der Waals surface area (Å²) in [4.78, 5) is 27.4. The van der Waals surface area contributed by atoms with Gasteiger partial charge < -0.3 is 9.72 Å². The number of esters is 1. The van der Waals surface area contributed by atoms with Crippen LogP contribution in [-0.4, -0.2) is 22.8 Å². The van der Waals surface area contributed by atoms with Crippen molar-refractivity contribution in [2.24, 2.45) is 0 Å². The number of ether oxygens (including phenoxy) is 1. The summed E-state index contributed by atoms with van der Waals surface area (Å²) in [6.07, 6.45) is 0.330. The average molecular weight is 329 g/mol. The number of hydrogen-bond donors (Lipinski definition) is 1. The van der Waals surface area contributed by atoms with E-state index in [1.807, 2.05) is 6.07 Å². The van der Waals surface area contributed by atoms with Gasteiger partial charge in [-0.25, -0.2) is 13.6 Å². The molecule has 0 aliphatic carbocycles. The van der Waals surface area contributed by atoms with E-state index in [4.69, 9.17) is 4.74 Å². The van der Waals surface area contributed by atoms with Crippen molar-refractivity contribution in [3.05, 3.63) is 71.4 Å². The van der Waals surface area contributed by atoms with Gasteiger partial charge in [0, 0.05) is 22.7 Å². The Hall–Kier alpha value is -3.02. The normalized spacial score (nSPS) is 12.1. The number of carbonyl (C=O) groups is 2. The highest BCUT2D eigenvalue weighted by Gasteiger charge is 2.26. The van der Waals surface area contributed by atoms with Gasteiger partial charge in [0.2, 0.25) is 5.78 Å². The van der Waals surface area contributed by atoms with Gasteiger partial charge in [0.25, 0.3) is 0 Å². The van der Waals surface area contributed by atoms with Gasteiger partial charge in [-0.05, 0) is 25.1 Å². The number of aromatic nitrogens is 1. The molecule has 0 radical (unpaired) electrons. The minimum atomic E-state index is -1.22. The molecule has 24 heavy (non-hydrogen) atoms. The molecule has 3 aromatic rings. The van der Waals surface area contributed by atoms with Crippen LogP contribution in [0.5, 0.6) is 0 Å². The standard InChI is InChI=1S/C18H13F2NO3/c1-10(24-18(23)16-13(19)6-4-7-14(16)20)17(22)12-9-21-15-8-3-2-5-11(12)15/h2-10,21H,1H3/t10-/m1/s1. The van der Waals surface area contributed by atoms with Gasteiger partial charge in [0.15, 0.2) is 6.10 Å². The molecule has 0 spiro atoms. The van der Waals surface area contributed by atoms with Crippen molar-refractivity contribution in [3.63, 3.8) is 0 Å². The summed E-state index contributed by atoms with van der Waals surface area (Å²) in [6.45, 7) is 1.36. The molecule has 0 fully saturated rings. The van der Waals surface area contributed by atoms with Crippen LogP contribution in [0.15, 0.2) is 48.7 Å². The zero-order chi connectivity index (χ0) is 17.3. The Bertz CT molecular complexity index is 913. The summed E-state index contributed by atoms with van der Waals surface area (Å²) in [5.74, 6) is -3.75. The number of benzene rings is 2. The van der Waals surface area contributed by atoms with Crippen LogP contribution in [0.4, 0.5) is 8.78 Å². The molecule has 1 heterocycles. The Morgan fingerprint density at radius 1 is 1.04 bits per heavy atom. The van der Waals surface area contributed by atoms with Crippen LogP contribution in [0, 0.1) is 11.6 Å². The number of halogens is 2. The van der Waals surface area contributed by atoms with E-state index in [-0.39, 0.29) is 0 Å². The summed E-state index contributed by atoms with van der Waals surface area (Å²) < 4.78 is 32.2. The van der Waals surface area contributed by atoms with E-state index in [9.17, 15) is 18.4 Å². The molecule has 0 bridgehead atoms. The fourth-order valence-corrected chi connectivity index (χ4v) is 2.46. The van der Waals surface area contributed by atoms with Crippen molar-refractivity contribution in [1.29, 1.82) is 0 Å². The number of aromatic amines is 1. The third-order valence-corrected chi connectivity index (χ3v) is 3.67. The minimum absolute atomic E-state index is 0.347. The van der Waals surface area contributed by atoms with Gasteiger partial charge >= 0.3 is 5.97 Å². The fraction of sp³-hybridized carbons (Fsp3) is 0.111. The number of nitrogens with one attached hydrogen (secondary N) is 1. The molecule has 0 saturated carbocycles. The third-order valence-electron chi connectivity index (χ3n) is 3.67. The maximum atomic E-state index is 13.6. The third kappa shape index (κ3) is 2.78. The van der Waals surface area contributed by atoms with Crippen molar-refractivity contribution < 1.29 is 23.1 Å². The molecule has 1 atom stereocenters. The molecular formula is C18H13F2NO3. The highest BCUT2D eigenvalue weighted by Crippen LogP contribution is 2.21. The van der Waals surface area contributed by atoms with Crippen LogP contribution in [0.25, 0.3) is 10.9 Å². The van der Waals surface area contributed by atoms with Crippen molar-refractivity contribution >= 4 is 22.7 Å². The number of carbonyl (C=O) groups excluding carboxylic acids is 2. The summed E-state index contributed by atoms with van der Waals surface area (Å²) in [5.41, 5.74) is 0.301. The van der Waals surface area contributed by atoms with E-state index in [1.165, 1.54) is 13.1 Å². The lowest BCUT2D eigenvalue weighted by molar-refractivity contribution is 0.0310. The molecule has 4 nitrogen and oxygen atoms in total. The average Bonchev–Trinajstić information content (AvgIpc) is 2.97. The molecule has 0 saturated heterocycles. The van der Waals surface area contributed by atoms with Gasteiger partial charge in [-0.1, -0.05) is 24.3 Å². The predicted molar refractivity (Wildman–Crippen MR) is 83.9 cm³/mol. The number of fused-ring (bicyclic) bond motifs is 1. The second-order valence-electron chi connectivity index (χ2n) is 5.26. The molecule has 0 amide bonds. The lowest BCUT2D eigenvalue weighted by Crippen LogP contribution is -2.25. The number of ketones is 1. The van der Waals surface area contributed by atoms with Gasteiger partial charge in [-0.2, -0.15) is 0 Å². The summed E-state index contributed by atoms with van der Waals surface area (Å²) in [5, 5.41) is 0.683. The minimum Gasteiger partial charge on any atom is -0.451 e. The van der Waals surface area contributed by atoms with Crippen molar-refractivity contribution in [2.75, 3.05) is 0 Å². The van der Waals surface area contributed by atoms with E-state index in [0.717, 1.165) is 23.7 Å². The van der Waals surface area contributed by atoms with Crippen molar-refractivity contribution in [1.82, 2.24) is 4.98 Å². The van der Waals surface area contributed by atoms with Crippen LogP contribution >= 0.6 is 0 Å². The zero-order valence-corrected chi connectivity index (χ0v) is 12.7. The Morgan fingerprint density at radius 2 is 1.71 bits per heavy atom. The van der Waals surface area contributed by atoms with E-state index < -0.39 is 35.1 Å². The molecule has 122 valence electrons. The number of para-hydroxylation sites is 1. The molecule has 1 aromatic heterocycles. The van der Waals surface area contributed by atoms with E-state index >= 15 is 0 Å². The Morgan fingerprint density at radius 3 is 2.42 bits per heavy atom. The molecule has 6 heteroatoms. The molecule has 3 rings (SSSR count). The number of Topliss-reactive ketones (excluding diaryl/α,β-unsaturated/α-hetero) is 1. The second kappa shape index (κ2) is 6.23. The summed E-state index contributed by atoms with van der Waals surface area (Å²) >= 11 is 0. The molecule has 0 unspecified atom stereocenters. The highest BCUT2D eigenvalue weighted by atomic mass is 19.1. The first-order chi connectivity index (χ1) is 11.5. The Balaban J connectivity index is 1.83. The predicted octanol–water partition coefficient (Wildman–Crippen LogP) is 3.87. The van der Waals surface area contributed by atoms with Crippen molar-refractivity contribution in [2.45, 2.75) is 13.0 Å². The lowest BCUT2D eigenvalue weighted by atomic mass is 10.1. The fourth-order valence-electron chi connectivity index (χ4n) is 2.46. The molecule has 0 aliphatic heterocycles. The number of hydrogen-bond acceptors (Lipinski definition) is 3. The maximum absolute atomic E-state index is 13.6. The Labute approximate surface area is 136 Å². The monoisotopic (exact) mass is 329 g/mol. The molecule has 2 aromatic carbocycles. The van der Waals surface area contributed by atoms with Gasteiger partial charge in [0.05, 0.1) is 0 Å². The topological polar surface area (TPSA) is 59.2 Å².